The Bertz CT molecular complexity index is 2150. The average molecular weight is 630 g/mol. The Morgan fingerprint density at radius 1 is 0.510 bits per heavy atom. The third-order valence-corrected chi connectivity index (χ3v) is 9.72. The van der Waals surface area contributed by atoms with Gasteiger partial charge in [0, 0.05) is 23.0 Å². The van der Waals surface area contributed by atoms with Crippen molar-refractivity contribution in [3.8, 4) is 22.3 Å². The van der Waals surface area contributed by atoms with E-state index in [0.29, 0.717) is 5.92 Å². The maximum Gasteiger partial charge on any atom is 0.0468 e. The smallest absolute Gasteiger partial charge is 0.0468 e. The Balaban J connectivity index is 1.13. The van der Waals surface area contributed by atoms with Crippen molar-refractivity contribution in [1.29, 1.82) is 0 Å². The lowest BCUT2D eigenvalue weighted by molar-refractivity contribution is 0.857. The Hall–Kier alpha value is -5.92. The van der Waals surface area contributed by atoms with Gasteiger partial charge in [-0.1, -0.05) is 158 Å². The molecule has 0 fully saturated rings. The third-order valence-electron chi connectivity index (χ3n) is 9.72. The maximum atomic E-state index is 2.39. The molecule has 2 aliphatic rings. The minimum Gasteiger partial charge on any atom is -0.310 e. The predicted molar refractivity (Wildman–Crippen MR) is 209 cm³/mol. The number of para-hydroxylation sites is 1. The molecule has 0 aromatic heterocycles. The lowest BCUT2D eigenvalue weighted by Gasteiger charge is -2.27. The van der Waals surface area contributed by atoms with E-state index in [4.69, 9.17) is 0 Å². The quantitative estimate of drug-likeness (QED) is 0.162. The molecule has 0 saturated carbocycles. The normalized spacial score (nSPS) is 15.4. The summed E-state index contributed by atoms with van der Waals surface area (Å²) in [5, 5.41) is 0. The van der Waals surface area contributed by atoms with Gasteiger partial charge < -0.3 is 4.90 Å². The monoisotopic (exact) mass is 629 g/mol. The highest BCUT2D eigenvalue weighted by Crippen LogP contribution is 2.41. The van der Waals surface area contributed by atoms with Crippen LogP contribution in [0.3, 0.4) is 0 Å². The van der Waals surface area contributed by atoms with Crippen molar-refractivity contribution < 1.29 is 0 Å². The Morgan fingerprint density at radius 2 is 1.12 bits per heavy atom. The lowest BCUT2D eigenvalue weighted by atomic mass is 9.86. The first-order valence-electron chi connectivity index (χ1n) is 17.3. The molecule has 2 aliphatic carbocycles. The molecule has 49 heavy (non-hydrogen) atoms. The molecule has 1 nitrogen and oxygen atoms in total. The van der Waals surface area contributed by atoms with E-state index < -0.39 is 0 Å². The molecule has 0 saturated heterocycles. The van der Waals surface area contributed by atoms with Crippen molar-refractivity contribution >= 4 is 28.2 Å². The van der Waals surface area contributed by atoms with E-state index in [-0.39, 0.29) is 0 Å². The summed E-state index contributed by atoms with van der Waals surface area (Å²) >= 11 is 0. The Labute approximate surface area is 290 Å². The summed E-state index contributed by atoms with van der Waals surface area (Å²) < 4.78 is 0. The summed E-state index contributed by atoms with van der Waals surface area (Å²) in [6.07, 6.45) is 16.9. The zero-order chi connectivity index (χ0) is 32.8. The number of nitrogens with zero attached hydrogens (tertiary/aromatic N) is 1. The standard InChI is InChI=1S/C48H39N/c1-5-13-36(14-6-1)38-21-23-39(24-22-38)40-25-27-43(28-26-40)47-34-33-46(35-48(47)42-17-9-3-10-18-42)49(44-19-11-4-12-20-44)45-31-29-41(30-32-45)37-15-7-2-8-16-37/h1-9,11-17,19-23,25-35,39H,10,18,24H2. The van der Waals surface area contributed by atoms with Crippen LogP contribution in [-0.2, 0) is 0 Å². The van der Waals surface area contributed by atoms with Crippen molar-refractivity contribution in [2.24, 2.45) is 0 Å². The molecule has 8 rings (SSSR count). The van der Waals surface area contributed by atoms with Crippen molar-refractivity contribution in [3.05, 3.63) is 211 Å². The van der Waals surface area contributed by atoms with Crippen molar-refractivity contribution in [3.63, 3.8) is 0 Å². The fourth-order valence-electron chi connectivity index (χ4n) is 7.10. The molecule has 236 valence electrons. The zero-order valence-corrected chi connectivity index (χ0v) is 27.6. The first-order valence-corrected chi connectivity index (χ1v) is 17.3. The molecule has 0 N–H and O–H groups in total. The van der Waals surface area contributed by atoms with E-state index >= 15 is 0 Å². The Kier molecular flexibility index (Phi) is 8.72. The van der Waals surface area contributed by atoms with E-state index in [1.54, 1.807) is 0 Å². The second-order valence-electron chi connectivity index (χ2n) is 12.8. The molecule has 6 aromatic carbocycles. The second-order valence-corrected chi connectivity index (χ2v) is 12.8. The van der Waals surface area contributed by atoms with Gasteiger partial charge in [-0.2, -0.15) is 0 Å². The summed E-state index contributed by atoms with van der Waals surface area (Å²) in [7, 11) is 0. The molecule has 6 aromatic rings. The Morgan fingerprint density at radius 3 is 1.78 bits per heavy atom. The molecule has 1 heteroatoms. The summed E-state index contributed by atoms with van der Waals surface area (Å²) in [6, 6.07) is 57.2. The number of rotatable bonds is 8. The van der Waals surface area contributed by atoms with Gasteiger partial charge in [-0.05, 0) is 106 Å². The zero-order valence-electron chi connectivity index (χ0n) is 27.6. The van der Waals surface area contributed by atoms with Gasteiger partial charge in [0.15, 0.2) is 0 Å². The molecule has 1 atom stereocenters. The molecule has 0 bridgehead atoms. The van der Waals surface area contributed by atoms with Crippen molar-refractivity contribution in [2.75, 3.05) is 4.90 Å². The van der Waals surface area contributed by atoms with Gasteiger partial charge in [0.05, 0.1) is 0 Å². The number of allylic oxidation sites excluding steroid dienone is 8. The van der Waals surface area contributed by atoms with Gasteiger partial charge >= 0.3 is 0 Å². The number of hydrogen-bond donors (Lipinski definition) is 0. The minimum absolute atomic E-state index is 0.391. The van der Waals surface area contributed by atoms with Gasteiger partial charge in [0.2, 0.25) is 0 Å². The topological polar surface area (TPSA) is 3.24 Å². The van der Waals surface area contributed by atoms with Crippen LogP contribution in [0.25, 0.3) is 33.4 Å². The fraction of sp³-hybridized carbons (Fsp3) is 0.0833. The van der Waals surface area contributed by atoms with Crippen molar-refractivity contribution in [2.45, 2.75) is 25.2 Å². The predicted octanol–water partition coefficient (Wildman–Crippen LogP) is 13.4. The summed E-state index contributed by atoms with van der Waals surface area (Å²) in [5.41, 5.74) is 15.0. The molecular formula is C48H39N. The van der Waals surface area contributed by atoms with Crippen LogP contribution in [0.1, 0.15) is 41.9 Å². The van der Waals surface area contributed by atoms with Gasteiger partial charge in [-0.15, -0.1) is 0 Å². The van der Waals surface area contributed by atoms with E-state index in [1.807, 2.05) is 0 Å². The highest BCUT2D eigenvalue weighted by molar-refractivity contribution is 5.88. The van der Waals surface area contributed by atoms with Crippen LogP contribution in [0.4, 0.5) is 17.1 Å². The molecule has 0 spiro atoms. The number of anilines is 3. The number of benzene rings is 6. The minimum atomic E-state index is 0.391. The molecule has 0 heterocycles. The van der Waals surface area contributed by atoms with Crippen LogP contribution in [0.5, 0.6) is 0 Å². The van der Waals surface area contributed by atoms with E-state index in [0.717, 1.165) is 36.3 Å². The van der Waals surface area contributed by atoms with Crippen LogP contribution in [-0.4, -0.2) is 0 Å². The number of hydrogen-bond acceptors (Lipinski definition) is 1. The first-order chi connectivity index (χ1) is 24.3. The first kappa shape index (κ1) is 30.4. The fourth-order valence-corrected chi connectivity index (χ4v) is 7.10. The van der Waals surface area contributed by atoms with Crippen LogP contribution >= 0.6 is 0 Å². The van der Waals surface area contributed by atoms with Gasteiger partial charge in [-0.3, -0.25) is 0 Å². The summed E-state index contributed by atoms with van der Waals surface area (Å²) in [5.74, 6) is 0.391. The molecule has 1 unspecified atom stereocenters. The highest BCUT2D eigenvalue weighted by Gasteiger charge is 2.18. The van der Waals surface area contributed by atoms with E-state index in [1.165, 1.54) is 50.1 Å². The SMILES string of the molecule is C1=CCCC(c2cc(N(c3ccccc3)c3ccc(-c4ccccc4)cc3)ccc2-c2ccc(C3C=CC(c4ccccc4)=CC3)cc2)=C1. The van der Waals surface area contributed by atoms with Gasteiger partial charge in [0.1, 0.15) is 0 Å². The largest absolute Gasteiger partial charge is 0.310 e. The average Bonchev–Trinajstić information content (AvgIpc) is 3.20. The molecule has 0 aliphatic heterocycles. The molecule has 0 radical (unpaired) electrons. The van der Waals surface area contributed by atoms with Gasteiger partial charge in [-0.25, -0.2) is 0 Å². The van der Waals surface area contributed by atoms with E-state index in [9.17, 15) is 0 Å². The summed E-state index contributed by atoms with van der Waals surface area (Å²) in [4.78, 5) is 2.37. The maximum absolute atomic E-state index is 2.39. The van der Waals surface area contributed by atoms with Gasteiger partial charge in [0.25, 0.3) is 0 Å². The van der Waals surface area contributed by atoms with Crippen molar-refractivity contribution in [1.82, 2.24) is 0 Å². The summed E-state index contributed by atoms with van der Waals surface area (Å²) in [6.45, 7) is 0. The second kappa shape index (κ2) is 14.1. The molecular weight excluding hydrogens is 591 g/mol. The lowest BCUT2D eigenvalue weighted by Crippen LogP contribution is -2.10. The van der Waals surface area contributed by atoms with Crippen LogP contribution in [0.2, 0.25) is 0 Å². The van der Waals surface area contributed by atoms with E-state index in [2.05, 4.69) is 199 Å². The van der Waals surface area contributed by atoms with Crippen LogP contribution in [0, 0.1) is 0 Å². The molecule has 0 amide bonds. The third kappa shape index (κ3) is 6.62. The van der Waals surface area contributed by atoms with Crippen LogP contribution < -0.4 is 4.90 Å². The highest BCUT2D eigenvalue weighted by atomic mass is 15.1. The van der Waals surface area contributed by atoms with Crippen LogP contribution in [0.15, 0.2) is 194 Å².